The summed E-state index contributed by atoms with van der Waals surface area (Å²) in [6.07, 6.45) is 3.17. The molecule has 3 aliphatic rings. The molecule has 2 atom stereocenters. The lowest BCUT2D eigenvalue weighted by molar-refractivity contribution is -0.135. The zero-order valence-electron chi connectivity index (χ0n) is 15.5. The van der Waals surface area contributed by atoms with Crippen molar-refractivity contribution < 1.29 is 23.8 Å². The lowest BCUT2D eigenvalue weighted by Crippen LogP contribution is -2.39. The molecule has 140 valence electrons. The largest absolute Gasteiger partial charge is 0.454 e. The molecule has 6 heteroatoms. The van der Waals surface area contributed by atoms with Crippen molar-refractivity contribution in [2.45, 2.75) is 46.1 Å². The normalized spacial score (nSPS) is 28.1. The number of hydrogen-bond donors (Lipinski definition) is 0. The maximum Gasteiger partial charge on any atom is 0.338 e. The number of esters is 1. The lowest BCUT2D eigenvalue weighted by atomic mass is 9.65. The molecule has 1 saturated heterocycles. The molecular weight excluding hydrogens is 334 g/mol. The van der Waals surface area contributed by atoms with E-state index in [2.05, 4.69) is 20.8 Å². The number of rotatable bonds is 3. The van der Waals surface area contributed by atoms with Crippen molar-refractivity contribution in [1.29, 1.82) is 0 Å². The number of ether oxygens (including phenoxy) is 3. The molecule has 2 heterocycles. The van der Waals surface area contributed by atoms with Gasteiger partial charge in [0.25, 0.3) is 5.91 Å². The maximum absolute atomic E-state index is 12.7. The van der Waals surface area contributed by atoms with Gasteiger partial charge in [-0.15, -0.1) is 0 Å². The van der Waals surface area contributed by atoms with Gasteiger partial charge >= 0.3 is 5.97 Å². The zero-order chi connectivity index (χ0) is 18.5. The van der Waals surface area contributed by atoms with Crippen molar-refractivity contribution in [3.05, 3.63) is 23.8 Å². The molecule has 0 aromatic heterocycles. The Hall–Kier alpha value is -2.24. The number of carbonyl (C=O) groups is 2. The van der Waals surface area contributed by atoms with Crippen molar-refractivity contribution in [2.24, 2.45) is 10.8 Å². The van der Waals surface area contributed by atoms with Crippen LogP contribution in [0.1, 0.15) is 50.4 Å². The first-order valence-corrected chi connectivity index (χ1v) is 9.11. The van der Waals surface area contributed by atoms with Gasteiger partial charge in [0.1, 0.15) is 0 Å². The Morgan fingerprint density at radius 3 is 2.77 bits per heavy atom. The van der Waals surface area contributed by atoms with E-state index in [1.54, 1.807) is 18.2 Å². The Morgan fingerprint density at radius 2 is 1.96 bits per heavy atom. The first-order valence-electron chi connectivity index (χ1n) is 9.11. The highest BCUT2D eigenvalue weighted by atomic mass is 16.7. The summed E-state index contributed by atoms with van der Waals surface area (Å²) >= 11 is 0. The topological polar surface area (TPSA) is 65.1 Å². The van der Waals surface area contributed by atoms with Crippen LogP contribution in [0.2, 0.25) is 0 Å². The molecule has 0 N–H and O–H groups in total. The van der Waals surface area contributed by atoms with Gasteiger partial charge in [0.2, 0.25) is 6.79 Å². The summed E-state index contributed by atoms with van der Waals surface area (Å²) in [5.74, 6) is 0.503. The fraction of sp³-hybridized carbons (Fsp3) is 0.600. The van der Waals surface area contributed by atoms with E-state index in [1.165, 1.54) is 0 Å². The molecule has 2 bridgehead atoms. The molecule has 0 unspecified atom stereocenters. The van der Waals surface area contributed by atoms with Crippen molar-refractivity contribution in [2.75, 3.05) is 19.9 Å². The van der Waals surface area contributed by atoms with Crippen LogP contribution in [0, 0.1) is 10.8 Å². The van der Waals surface area contributed by atoms with E-state index in [0.29, 0.717) is 17.1 Å². The highest BCUT2D eigenvalue weighted by molar-refractivity contribution is 5.92. The summed E-state index contributed by atoms with van der Waals surface area (Å²) in [4.78, 5) is 26.9. The highest BCUT2D eigenvalue weighted by Gasteiger charge is 2.50. The summed E-state index contributed by atoms with van der Waals surface area (Å²) in [5, 5.41) is 0. The Labute approximate surface area is 153 Å². The number of carbonyl (C=O) groups excluding carboxylic acids is 2. The third-order valence-electron chi connectivity index (χ3n) is 5.67. The predicted molar refractivity (Wildman–Crippen MR) is 94.1 cm³/mol. The van der Waals surface area contributed by atoms with Crippen molar-refractivity contribution in [3.8, 4) is 11.5 Å². The second kappa shape index (κ2) is 5.89. The van der Waals surface area contributed by atoms with E-state index in [4.69, 9.17) is 14.2 Å². The summed E-state index contributed by atoms with van der Waals surface area (Å²) < 4.78 is 15.8. The molecule has 1 amide bonds. The van der Waals surface area contributed by atoms with Gasteiger partial charge in [-0.1, -0.05) is 20.8 Å². The minimum Gasteiger partial charge on any atom is -0.454 e. The van der Waals surface area contributed by atoms with Crippen LogP contribution in [0.5, 0.6) is 11.5 Å². The Kier molecular flexibility index (Phi) is 3.90. The predicted octanol–water partition coefficient (Wildman–Crippen LogP) is 3.00. The monoisotopic (exact) mass is 359 g/mol. The average molecular weight is 359 g/mol. The second-order valence-corrected chi connectivity index (χ2v) is 8.88. The molecule has 6 nitrogen and oxygen atoms in total. The molecule has 0 spiro atoms. The Morgan fingerprint density at radius 1 is 1.19 bits per heavy atom. The van der Waals surface area contributed by atoms with Gasteiger partial charge in [-0.05, 0) is 48.3 Å². The van der Waals surface area contributed by atoms with Gasteiger partial charge in [0, 0.05) is 12.6 Å². The molecule has 2 aliphatic heterocycles. The van der Waals surface area contributed by atoms with Gasteiger partial charge in [0.15, 0.2) is 18.1 Å². The lowest BCUT2D eigenvalue weighted by Gasteiger charge is -2.39. The summed E-state index contributed by atoms with van der Waals surface area (Å²) in [5.41, 5.74) is 0.773. The Bertz CT molecular complexity index is 759. The van der Waals surface area contributed by atoms with Crippen LogP contribution < -0.4 is 9.47 Å². The molecule has 2 fully saturated rings. The van der Waals surface area contributed by atoms with Gasteiger partial charge < -0.3 is 19.1 Å². The molecule has 1 aliphatic carbocycles. The van der Waals surface area contributed by atoms with E-state index < -0.39 is 5.97 Å². The van der Waals surface area contributed by atoms with Gasteiger partial charge in [0.05, 0.1) is 5.56 Å². The number of nitrogens with zero attached hydrogens (tertiary/aromatic N) is 1. The van der Waals surface area contributed by atoms with Crippen LogP contribution in [-0.4, -0.2) is 42.8 Å². The molecule has 0 radical (unpaired) electrons. The van der Waals surface area contributed by atoms with Crippen LogP contribution in [0.25, 0.3) is 0 Å². The van der Waals surface area contributed by atoms with Gasteiger partial charge in [-0.25, -0.2) is 4.79 Å². The van der Waals surface area contributed by atoms with Gasteiger partial charge in [-0.2, -0.15) is 0 Å². The van der Waals surface area contributed by atoms with Crippen molar-refractivity contribution in [3.63, 3.8) is 0 Å². The van der Waals surface area contributed by atoms with Crippen LogP contribution in [0.3, 0.4) is 0 Å². The standard InChI is InChI=1S/C20H25NO5/c1-19(2)7-14-8-20(3,10-19)11-21(14)17(22)9-24-18(23)13-4-5-15-16(6-13)26-12-25-15/h4-6,14H,7-12H2,1-3H3/t14-,20+/m0/s1. The molecule has 1 saturated carbocycles. The van der Waals surface area contributed by atoms with E-state index in [0.717, 1.165) is 25.8 Å². The third-order valence-corrected chi connectivity index (χ3v) is 5.67. The van der Waals surface area contributed by atoms with E-state index in [-0.39, 0.29) is 36.2 Å². The van der Waals surface area contributed by atoms with Crippen molar-refractivity contribution >= 4 is 11.9 Å². The number of hydrogen-bond acceptors (Lipinski definition) is 5. The molecular formula is C20H25NO5. The molecule has 1 aromatic carbocycles. The summed E-state index contributed by atoms with van der Waals surface area (Å²) in [6.45, 7) is 7.47. The fourth-order valence-electron chi connectivity index (χ4n) is 5.07. The number of benzene rings is 1. The number of fused-ring (bicyclic) bond motifs is 3. The van der Waals surface area contributed by atoms with Crippen molar-refractivity contribution in [1.82, 2.24) is 4.90 Å². The van der Waals surface area contributed by atoms with E-state index in [9.17, 15) is 9.59 Å². The summed E-state index contributed by atoms with van der Waals surface area (Å²) in [7, 11) is 0. The van der Waals surface area contributed by atoms with Gasteiger partial charge in [-0.3, -0.25) is 4.79 Å². The van der Waals surface area contributed by atoms with Crippen LogP contribution in [-0.2, 0) is 9.53 Å². The smallest absolute Gasteiger partial charge is 0.338 e. The zero-order valence-corrected chi connectivity index (χ0v) is 15.5. The minimum absolute atomic E-state index is 0.106. The first kappa shape index (κ1) is 17.2. The summed E-state index contributed by atoms with van der Waals surface area (Å²) in [6, 6.07) is 5.13. The van der Waals surface area contributed by atoms with Crippen LogP contribution in [0.15, 0.2) is 18.2 Å². The number of likely N-dealkylation sites (tertiary alicyclic amines) is 1. The molecule has 26 heavy (non-hydrogen) atoms. The van der Waals surface area contributed by atoms with E-state index >= 15 is 0 Å². The first-order chi connectivity index (χ1) is 12.2. The minimum atomic E-state index is -0.523. The molecule has 4 rings (SSSR count). The average Bonchev–Trinajstić information content (AvgIpc) is 3.12. The third kappa shape index (κ3) is 3.13. The second-order valence-electron chi connectivity index (χ2n) is 8.88. The molecule has 1 aromatic rings. The van der Waals surface area contributed by atoms with Crippen LogP contribution >= 0.6 is 0 Å². The maximum atomic E-state index is 12.7. The fourth-order valence-corrected chi connectivity index (χ4v) is 5.07. The highest BCUT2D eigenvalue weighted by Crippen LogP contribution is 2.52. The Balaban J connectivity index is 1.38. The SMILES string of the molecule is CC1(C)C[C@H]2C[C@@](C)(CN2C(=O)COC(=O)c2ccc3c(c2)OCO3)C1. The number of amides is 1. The van der Waals surface area contributed by atoms with Crippen LogP contribution in [0.4, 0.5) is 0 Å². The van der Waals surface area contributed by atoms with E-state index in [1.807, 2.05) is 4.90 Å². The quantitative estimate of drug-likeness (QED) is 0.776.